The number of pyridine rings is 1. The molecule has 0 aliphatic heterocycles. The number of nitrogens with two attached hydrogens (primary N) is 1. The van der Waals surface area contributed by atoms with Crippen molar-refractivity contribution in [1.29, 1.82) is 5.41 Å². The van der Waals surface area contributed by atoms with Crippen LogP contribution in [0.25, 0.3) is 0 Å². The number of aryl methyl sites for hydroxylation is 1. The molecule has 0 amide bonds. The number of aliphatic carboxylic acids is 2. The average Bonchev–Trinajstić information content (AvgIpc) is 2.51. The zero-order chi connectivity index (χ0) is 22.5. The number of hydrogen-bond donors (Lipinski definition) is 4. The third-order valence-corrected chi connectivity index (χ3v) is 2.82. The van der Waals surface area contributed by atoms with Crippen molar-refractivity contribution >= 4 is 34.6 Å². The molecule has 0 aliphatic carbocycles. The number of nitrogens with one attached hydrogen (secondary N) is 2. The molecule has 8 nitrogen and oxygen atoms in total. The van der Waals surface area contributed by atoms with Crippen molar-refractivity contribution in [3.63, 3.8) is 0 Å². The van der Waals surface area contributed by atoms with Gasteiger partial charge in [0.2, 0.25) is 0 Å². The minimum absolute atomic E-state index is 0.172. The number of nitrogens with zero attached hydrogens (tertiary/aromatic N) is 1. The van der Waals surface area contributed by atoms with Crippen LogP contribution in [0.5, 0.6) is 0 Å². The lowest BCUT2D eigenvalue weighted by Gasteiger charge is -2.03. The summed E-state index contributed by atoms with van der Waals surface area (Å²) >= 11 is 1.35. The highest BCUT2D eigenvalue weighted by molar-refractivity contribution is 8.13. The molecular formula is C13H16F6N4O4S. The van der Waals surface area contributed by atoms with Crippen LogP contribution in [-0.4, -0.2) is 46.9 Å². The highest BCUT2D eigenvalue weighted by Gasteiger charge is 2.38. The molecule has 0 aromatic carbocycles. The standard InChI is InChI=1S/C9H15N4S.2C2HF3O2/c1-13-5-2-3-8(7-13)12-4-6-14-9(10)11;2*3-2(4,5)1(6)7/h2-3,5,7,12H,4,6H2,1H3,(H3,10,11);2*(H,6,7)/q+1;;/p-1. The summed E-state index contributed by atoms with van der Waals surface area (Å²) in [5.41, 5.74) is 6.29. The minimum Gasteiger partial charge on any atom is -0.542 e. The molecule has 160 valence electrons. The van der Waals surface area contributed by atoms with Crippen molar-refractivity contribution < 1.29 is 50.7 Å². The number of aromatic nitrogens is 1. The summed E-state index contributed by atoms with van der Waals surface area (Å²) in [4.78, 5) is 17.7. The summed E-state index contributed by atoms with van der Waals surface area (Å²) in [7, 11) is 1.98. The Morgan fingerprint density at radius 2 is 1.75 bits per heavy atom. The fraction of sp³-hybridized carbons (Fsp3) is 0.385. The van der Waals surface area contributed by atoms with E-state index in [4.69, 9.17) is 30.9 Å². The van der Waals surface area contributed by atoms with Gasteiger partial charge in [0, 0.05) is 18.4 Å². The van der Waals surface area contributed by atoms with E-state index >= 15 is 0 Å². The topological polar surface area (TPSA) is 143 Å². The van der Waals surface area contributed by atoms with Gasteiger partial charge in [-0.1, -0.05) is 11.8 Å². The van der Waals surface area contributed by atoms with Crippen LogP contribution in [0.3, 0.4) is 0 Å². The first-order valence-electron chi connectivity index (χ1n) is 6.81. The Morgan fingerprint density at radius 1 is 1.29 bits per heavy atom. The van der Waals surface area contributed by atoms with Crippen molar-refractivity contribution in [2.45, 2.75) is 12.4 Å². The number of alkyl halides is 6. The Hall–Kier alpha value is -2.71. The molecule has 0 radical (unpaired) electrons. The zero-order valence-electron chi connectivity index (χ0n) is 14.1. The van der Waals surface area contributed by atoms with Gasteiger partial charge >= 0.3 is 18.3 Å². The molecular weight excluding hydrogens is 422 g/mol. The Balaban J connectivity index is 0. The second kappa shape index (κ2) is 12.6. The summed E-state index contributed by atoms with van der Waals surface area (Å²) in [5, 5.41) is 26.3. The Kier molecular flexibility index (Phi) is 12.4. The monoisotopic (exact) mass is 438 g/mol. The van der Waals surface area contributed by atoms with Crippen molar-refractivity contribution in [2.75, 3.05) is 17.6 Å². The molecule has 1 rings (SSSR count). The zero-order valence-corrected chi connectivity index (χ0v) is 14.9. The Labute approximate surface area is 158 Å². The van der Waals surface area contributed by atoms with Crippen LogP contribution in [-0.2, 0) is 16.6 Å². The van der Waals surface area contributed by atoms with Gasteiger partial charge in [-0.2, -0.15) is 26.3 Å². The molecule has 28 heavy (non-hydrogen) atoms. The molecule has 0 atom stereocenters. The van der Waals surface area contributed by atoms with Crippen LogP contribution in [0, 0.1) is 5.41 Å². The lowest BCUT2D eigenvalue weighted by atomic mass is 10.4. The number of thioether (sulfide) groups is 1. The van der Waals surface area contributed by atoms with Crippen molar-refractivity contribution in [1.82, 2.24) is 0 Å². The van der Waals surface area contributed by atoms with E-state index in [0.29, 0.717) is 0 Å². The molecule has 0 bridgehead atoms. The van der Waals surface area contributed by atoms with Crippen molar-refractivity contribution in [3.8, 4) is 0 Å². The summed E-state index contributed by atoms with van der Waals surface area (Å²) < 4.78 is 65.3. The summed E-state index contributed by atoms with van der Waals surface area (Å²) in [5.74, 6) is -4.95. The van der Waals surface area contributed by atoms with E-state index in [1.54, 1.807) is 0 Å². The number of amidine groups is 1. The fourth-order valence-corrected chi connectivity index (χ4v) is 1.47. The van der Waals surface area contributed by atoms with Crippen LogP contribution in [0.1, 0.15) is 0 Å². The SMILES string of the molecule is C[n+]1cccc(NCCSC(=N)N)c1.O=C(O)C(F)(F)F.O=C([O-])C(F)(F)F. The molecule has 0 fully saturated rings. The second-order valence-corrected chi connectivity index (χ2v) is 5.62. The maximum atomic E-state index is 10.6. The molecule has 0 aliphatic rings. The smallest absolute Gasteiger partial charge is 0.490 e. The quantitative estimate of drug-likeness (QED) is 0.176. The average molecular weight is 438 g/mol. The number of hydrogen-bond acceptors (Lipinski definition) is 6. The molecule has 1 heterocycles. The number of halogens is 6. The maximum Gasteiger partial charge on any atom is 0.490 e. The summed E-state index contributed by atoms with van der Waals surface area (Å²) in [6.07, 6.45) is -6.28. The van der Waals surface area contributed by atoms with Crippen LogP contribution in [0.15, 0.2) is 24.5 Å². The third-order valence-electron chi connectivity index (χ3n) is 2.10. The lowest BCUT2D eigenvalue weighted by molar-refractivity contribution is -0.670. The van der Waals surface area contributed by atoms with Crippen LogP contribution in [0.4, 0.5) is 32.0 Å². The number of anilines is 1. The van der Waals surface area contributed by atoms with E-state index in [1.807, 2.05) is 36.1 Å². The van der Waals surface area contributed by atoms with Gasteiger partial charge in [-0.05, 0) is 6.07 Å². The van der Waals surface area contributed by atoms with Gasteiger partial charge in [0.05, 0.1) is 5.69 Å². The van der Waals surface area contributed by atoms with E-state index < -0.39 is 24.3 Å². The first-order chi connectivity index (χ1) is 12.6. The number of carbonyl (C=O) groups is 2. The first-order valence-corrected chi connectivity index (χ1v) is 7.80. The number of carboxylic acids is 2. The largest absolute Gasteiger partial charge is 0.542 e. The van der Waals surface area contributed by atoms with Gasteiger partial charge < -0.3 is 26.1 Å². The fourth-order valence-electron chi connectivity index (χ4n) is 1.05. The van der Waals surface area contributed by atoms with E-state index in [9.17, 15) is 26.3 Å². The van der Waals surface area contributed by atoms with Crippen LogP contribution < -0.4 is 20.7 Å². The van der Waals surface area contributed by atoms with Crippen molar-refractivity contribution in [3.05, 3.63) is 24.5 Å². The molecule has 1 aromatic heterocycles. The molecule has 0 saturated carbocycles. The summed E-state index contributed by atoms with van der Waals surface area (Å²) in [6.45, 7) is 0.814. The maximum absolute atomic E-state index is 10.6. The first kappa shape index (κ1) is 27.5. The molecule has 5 N–H and O–H groups in total. The van der Waals surface area contributed by atoms with Gasteiger partial charge in [0.15, 0.2) is 17.6 Å². The van der Waals surface area contributed by atoms with Gasteiger partial charge in [-0.3, -0.25) is 5.41 Å². The van der Waals surface area contributed by atoms with Crippen LogP contribution in [0.2, 0.25) is 0 Å². The molecule has 0 saturated heterocycles. The second-order valence-electron chi connectivity index (χ2n) is 4.49. The summed E-state index contributed by atoms with van der Waals surface area (Å²) in [6, 6.07) is 4.00. The van der Waals surface area contributed by atoms with E-state index in [1.165, 1.54) is 11.8 Å². The van der Waals surface area contributed by atoms with E-state index in [2.05, 4.69) is 5.32 Å². The Morgan fingerprint density at radius 3 is 2.07 bits per heavy atom. The van der Waals surface area contributed by atoms with Gasteiger partial charge in [0.1, 0.15) is 13.0 Å². The predicted octanol–water partition coefficient (Wildman–Crippen LogP) is 0.482. The number of rotatable bonds is 4. The van der Waals surface area contributed by atoms with E-state index in [0.717, 1.165) is 18.0 Å². The molecule has 0 unspecified atom stereocenters. The van der Waals surface area contributed by atoms with Crippen molar-refractivity contribution in [2.24, 2.45) is 12.8 Å². The minimum atomic E-state index is -5.19. The lowest BCUT2D eigenvalue weighted by Crippen LogP contribution is -2.37. The Bertz CT molecular complexity index is 631. The number of carbonyl (C=O) groups excluding carboxylic acids is 1. The molecule has 15 heteroatoms. The van der Waals surface area contributed by atoms with E-state index in [-0.39, 0.29) is 5.17 Å². The predicted molar refractivity (Wildman–Crippen MR) is 85.2 cm³/mol. The molecule has 1 aromatic rings. The van der Waals surface area contributed by atoms with Crippen LogP contribution >= 0.6 is 11.8 Å². The normalized spacial score (nSPS) is 10.5. The third kappa shape index (κ3) is 16.7. The molecule has 0 spiro atoms. The highest BCUT2D eigenvalue weighted by Crippen LogP contribution is 2.13. The van der Waals surface area contributed by atoms with Gasteiger partial charge in [-0.25, -0.2) is 9.36 Å². The highest BCUT2D eigenvalue weighted by atomic mass is 32.2. The number of carboxylic acid groups (broad SMARTS) is 2. The van der Waals surface area contributed by atoms with Gasteiger partial charge in [0.25, 0.3) is 0 Å². The van der Waals surface area contributed by atoms with Gasteiger partial charge in [-0.15, -0.1) is 0 Å².